The van der Waals surface area contributed by atoms with Gasteiger partial charge in [-0.05, 0) is 60.1 Å². The van der Waals surface area contributed by atoms with Crippen LogP contribution in [-0.4, -0.2) is 23.9 Å². The molecule has 0 unspecified atom stereocenters. The van der Waals surface area contributed by atoms with Crippen molar-refractivity contribution < 1.29 is 25.8 Å². The number of hydrogen-bond acceptors (Lipinski definition) is 5. The van der Waals surface area contributed by atoms with E-state index < -0.39 is 21.5 Å². The molecule has 2 aromatic heterocycles. The highest BCUT2D eigenvalue weighted by atomic mass is 32.2. The molecule has 0 N–H and O–H groups in total. The molecule has 36 heavy (non-hydrogen) atoms. The van der Waals surface area contributed by atoms with E-state index in [0.29, 0.717) is 12.8 Å². The zero-order valence-electron chi connectivity index (χ0n) is 19.1. The molecule has 5 nitrogen and oxygen atoms in total. The van der Waals surface area contributed by atoms with E-state index in [1.165, 1.54) is 23.4 Å². The maximum atomic E-state index is 12.4. The summed E-state index contributed by atoms with van der Waals surface area (Å²) in [7, 11) is -5.73. The van der Waals surface area contributed by atoms with Crippen molar-refractivity contribution in [3.63, 3.8) is 0 Å². The van der Waals surface area contributed by atoms with Crippen molar-refractivity contribution in [2.75, 3.05) is 0 Å². The lowest BCUT2D eigenvalue weighted by Gasteiger charge is -2.09. The van der Waals surface area contributed by atoms with Crippen LogP contribution < -0.4 is 4.18 Å². The minimum Gasteiger partial charge on any atom is -0.355 e. The number of hydrogen-bond donors (Lipinski definition) is 0. The van der Waals surface area contributed by atoms with Gasteiger partial charge < -0.3 is 4.18 Å². The summed E-state index contributed by atoms with van der Waals surface area (Å²) in [6.07, 6.45) is 6.19. The lowest BCUT2D eigenvalue weighted by Crippen LogP contribution is -2.28. The number of halogens is 3. The van der Waals surface area contributed by atoms with E-state index in [1.807, 2.05) is 30.3 Å². The average Bonchev–Trinajstić information content (AvgIpc) is 2.87. The van der Waals surface area contributed by atoms with Crippen LogP contribution in [0.15, 0.2) is 91.3 Å². The number of aromatic nitrogens is 2. The summed E-state index contributed by atoms with van der Waals surface area (Å²) in [6, 6.07) is 25.1. The van der Waals surface area contributed by atoms with Crippen LogP contribution in [0.5, 0.6) is 5.88 Å². The second-order valence-corrected chi connectivity index (χ2v) is 9.76. The topological polar surface area (TPSA) is 69.2 Å². The fraction of sp³-hybridized carbons (Fsp3) is 0.185. The normalized spacial score (nSPS) is 11.9. The Kier molecular flexibility index (Phi) is 7.69. The van der Waals surface area contributed by atoms with E-state index in [2.05, 4.69) is 50.5 Å². The van der Waals surface area contributed by atoms with Gasteiger partial charge in [-0.2, -0.15) is 21.6 Å². The van der Waals surface area contributed by atoms with Crippen LogP contribution in [-0.2, 0) is 35.8 Å². The highest BCUT2D eigenvalue weighted by molar-refractivity contribution is 7.87. The molecule has 4 rings (SSSR count). The first-order valence-corrected chi connectivity index (χ1v) is 12.6. The van der Waals surface area contributed by atoms with Gasteiger partial charge in [0.15, 0.2) is 0 Å². The van der Waals surface area contributed by atoms with Gasteiger partial charge in [-0.25, -0.2) is 4.98 Å². The van der Waals surface area contributed by atoms with E-state index >= 15 is 0 Å². The molecule has 0 saturated carbocycles. The van der Waals surface area contributed by atoms with Gasteiger partial charge in [0.2, 0.25) is 5.88 Å². The molecular formula is C27H23F3N2O3S. The predicted molar refractivity (Wildman–Crippen MR) is 131 cm³/mol. The molecule has 0 fully saturated rings. The third-order valence-electron chi connectivity index (χ3n) is 5.59. The monoisotopic (exact) mass is 512 g/mol. The standard InChI is InChI=1S/C27H23F3N2O3S/c28-27(29,30)36(33,34)35-26-16-13-23(19-32-26)10-9-22-5-3-4-21(18-22)8-7-20-11-14-24(15-12-20)25-6-1-2-17-31-25/h1-6,11-19H,7-10H2. The predicted octanol–water partition coefficient (Wildman–Crippen LogP) is 5.94. The number of rotatable bonds is 9. The lowest BCUT2D eigenvalue weighted by atomic mass is 9.99. The average molecular weight is 513 g/mol. The molecule has 0 radical (unpaired) electrons. The molecule has 2 heterocycles. The van der Waals surface area contributed by atoms with Crippen LogP contribution in [0.25, 0.3) is 11.3 Å². The molecule has 0 atom stereocenters. The molecule has 0 bridgehead atoms. The Morgan fingerprint density at radius 1 is 0.694 bits per heavy atom. The number of nitrogens with zero attached hydrogens (tertiary/aromatic N) is 2. The Bertz CT molecular complexity index is 1390. The second-order valence-electron chi connectivity index (χ2n) is 8.22. The molecule has 0 aliphatic carbocycles. The molecule has 0 amide bonds. The molecule has 0 saturated heterocycles. The Hall–Kier alpha value is -3.72. The van der Waals surface area contributed by atoms with Crippen LogP contribution >= 0.6 is 0 Å². The van der Waals surface area contributed by atoms with Gasteiger partial charge in [-0.1, -0.05) is 60.7 Å². The summed E-state index contributed by atoms with van der Waals surface area (Å²) in [5.74, 6) is -0.619. The van der Waals surface area contributed by atoms with E-state index in [1.54, 1.807) is 6.20 Å². The Balaban J connectivity index is 1.30. The van der Waals surface area contributed by atoms with Crippen molar-refractivity contribution in [2.45, 2.75) is 31.2 Å². The summed E-state index contributed by atoms with van der Waals surface area (Å²) in [5, 5.41) is 0. The maximum absolute atomic E-state index is 12.4. The van der Waals surface area contributed by atoms with Crippen LogP contribution in [0, 0.1) is 0 Å². The molecule has 2 aromatic carbocycles. The first-order valence-electron chi connectivity index (χ1n) is 11.2. The van der Waals surface area contributed by atoms with Gasteiger partial charge in [-0.15, -0.1) is 0 Å². The zero-order valence-corrected chi connectivity index (χ0v) is 20.0. The van der Waals surface area contributed by atoms with Gasteiger partial charge in [-0.3, -0.25) is 4.98 Å². The van der Waals surface area contributed by atoms with E-state index in [0.717, 1.165) is 41.3 Å². The summed E-state index contributed by atoms with van der Waals surface area (Å²) in [5.41, 5.74) is 0.851. The van der Waals surface area contributed by atoms with Gasteiger partial charge in [0.25, 0.3) is 0 Å². The molecular weight excluding hydrogens is 489 g/mol. The number of aryl methyl sites for hydroxylation is 4. The highest BCUT2D eigenvalue weighted by Crippen LogP contribution is 2.26. The van der Waals surface area contributed by atoms with E-state index in [-0.39, 0.29) is 0 Å². The lowest BCUT2D eigenvalue weighted by molar-refractivity contribution is -0.0501. The van der Waals surface area contributed by atoms with Gasteiger partial charge in [0, 0.05) is 24.0 Å². The van der Waals surface area contributed by atoms with Crippen LogP contribution in [0.2, 0.25) is 0 Å². The maximum Gasteiger partial charge on any atom is 0.534 e. The van der Waals surface area contributed by atoms with E-state index in [4.69, 9.17) is 0 Å². The Labute approximate surface area is 207 Å². The third-order valence-corrected chi connectivity index (χ3v) is 6.54. The fourth-order valence-electron chi connectivity index (χ4n) is 3.66. The summed E-state index contributed by atoms with van der Waals surface area (Å²) in [4.78, 5) is 8.06. The number of alkyl halides is 3. The van der Waals surface area contributed by atoms with Crippen molar-refractivity contribution in [1.82, 2.24) is 9.97 Å². The van der Waals surface area contributed by atoms with Gasteiger partial charge in [0.1, 0.15) is 0 Å². The van der Waals surface area contributed by atoms with Crippen molar-refractivity contribution in [3.05, 3.63) is 114 Å². The van der Waals surface area contributed by atoms with Crippen molar-refractivity contribution in [1.29, 1.82) is 0 Å². The zero-order chi connectivity index (χ0) is 25.6. The molecule has 9 heteroatoms. The highest BCUT2D eigenvalue weighted by Gasteiger charge is 2.48. The van der Waals surface area contributed by atoms with Gasteiger partial charge in [0.05, 0.1) is 5.69 Å². The van der Waals surface area contributed by atoms with Gasteiger partial charge >= 0.3 is 15.6 Å². The fourth-order valence-corrected chi connectivity index (χ4v) is 4.08. The number of pyridine rings is 2. The SMILES string of the molecule is O=S(=O)(Oc1ccc(CCc2cccc(CCc3ccc(-c4ccccn4)cc3)c2)cn1)C(F)(F)F. The van der Waals surface area contributed by atoms with E-state index in [9.17, 15) is 21.6 Å². The minimum atomic E-state index is -5.73. The molecule has 0 aliphatic rings. The van der Waals surface area contributed by atoms with Crippen molar-refractivity contribution >= 4 is 10.1 Å². The molecule has 186 valence electrons. The molecule has 0 spiro atoms. The Morgan fingerprint density at radius 3 is 1.92 bits per heavy atom. The van der Waals surface area contributed by atoms with Crippen LogP contribution in [0.3, 0.4) is 0 Å². The molecule has 0 aliphatic heterocycles. The van der Waals surface area contributed by atoms with Crippen LogP contribution in [0.1, 0.15) is 22.3 Å². The Morgan fingerprint density at radius 2 is 1.33 bits per heavy atom. The number of benzene rings is 2. The smallest absolute Gasteiger partial charge is 0.355 e. The first kappa shape index (κ1) is 25.4. The summed E-state index contributed by atoms with van der Waals surface area (Å²) < 4.78 is 63.5. The quantitative estimate of drug-likeness (QED) is 0.205. The summed E-state index contributed by atoms with van der Waals surface area (Å²) >= 11 is 0. The minimum absolute atomic E-state index is 0.595. The second kappa shape index (κ2) is 10.9. The third kappa shape index (κ3) is 6.69. The van der Waals surface area contributed by atoms with Crippen molar-refractivity contribution in [2.24, 2.45) is 0 Å². The molecule has 4 aromatic rings. The summed E-state index contributed by atoms with van der Waals surface area (Å²) in [6.45, 7) is 0. The largest absolute Gasteiger partial charge is 0.534 e. The van der Waals surface area contributed by atoms with Crippen LogP contribution in [0.4, 0.5) is 13.2 Å². The van der Waals surface area contributed by atoms with Crippen molar-refractivity contribution in [3.8, 4) is 17.1 Å². The first-order chi connectivity index (χ1) is 17.2.